The van der Waals surface area contributed by atoms with E-state index in [4.69, 9.17) is 13.7 Å². The molecule has 1 fully saturated rings. The number of hydrogen-bond acceptors (Lipinski definition) is 7. The lowest BCUT2D eigenvalue weighted by molar-refractivity contribution is -0.137. The van der Waals surface area contributed by atoms with Crippen LogP contribution in [-0.2, 0) is 20.9 Å². The van der Waals surface area contributed by atoms with Gasteiger partial charge < -0.3 is 13.7 Å². The van der Waals surface area contributed by atoms with Gasteiger partial charge in [-0.2, -0.15) is 22.5 Å². The zero-order chi connectivity index (χ0) is 24.1. The quantitative estimate of drug-likeness (QED) is 0.413. The summed E-state index contributed by atoms with van der Waals surface area (Å²) in [7, 11) is -3.71. The van der Waals surface area contributed by atoms with E-state index in [9.17, 15) is 21.6 Å². The van der Waals surface area contributed by atoms with Gasteiger partial charge >= 0.3 is 6.18 Å². The molecule has 1 saturated heterocycles. The summed E-state index contributed by atoms with van der Waals surface area (Å²) >= 11 is 0. The Hall–Kier alpha value is -3.22. The number of halogens is 3. The van der Waals surface area contributed by atoms with Crippen LogP contribution in [0.2, 0.25) is 0 Å². The molecule has 0 atom stereocenters. The maximum Gasteiger partial charge on any atom is 0.416 e. The van der Waals surface area contributed by atoms with E-state index in [1.807, 2.05) is 0 Å². The van der Waals surface area contributed by atoms with Gasteiger partial charge in [-0.3, -0.25) is 0 Å². The Morgan fingerprint density at radius 3 is 2.56 bits per heavy atom. The van der Waals surface area contributed by atoms with Crippen LogP contribution in [0.15, 0.2) is 56.3 Å². The molecular weight excluding hydrogens is 475 g/mol. The van der Waals surface area contributed by atoms with E-state index < -0.39 is 21.8 Å². The summed E-state index contributed by atoms with van der Waals surface area (Å²) in [4.78, 5) is 4.31. The van der Waals surface area contributed by atoms with Crippen molar-refractivity contribution >= 4 is 21.0 Å². The molecule has 3 heterocycles. The van der Waals surface area contributed by atoms with Crippen LogP contribution in [-0.4, -0.2) is 49.2 Å². The molecular formula is C22H18F3N3O5S. The molecule has 0 saturated carbocycles. The molecule has 0 unspecified atom stereocenters. The third-order valence-corrected chi connectivity index (χ3v) is 7.48. The molecule has 34 heavy (non-hydrogen) atoms. The van der Waals surface area contributed by atoms with Crippen LogP contribution in [0.3, 0.4) is 0 Å². The number of aromatic nitrogens is 2. The number of furan rings is 1. The number of sulfonamides is 1. The fourth-order valence-corrected chi connectivity index (χ4v) is 5.20. The topological polar surface area (TPSA) is 98.7 Å². The van der Waals surface area contributed by atoms with Gasteiger partial charge in [0.25, 0.3) is 5.89 Å². The summed E-state index contributed by atoms with van der Waals surface area (Å²) in [6.45, 7) is 2.93. The van der Waals surface area contributed by atoms with Crippen LogP contribution < -0.4 is 0 Å². The van der Waals surface area contributed by atoms with Gasteiger partial charge in [0.1, 0.15) is 5.58 Å². The van der Waals surface area contributed by atoms with E-state index in [-0.39, 0.29) is 41.0 Å². The minimum atomic E-state index is -4.50. The van der Waals surface area contributed by atoms with E-state index in [1.54, 1.807) is 13.0 Å². The molecule has 12 heteroatoms. The zero-order valence-electron chi connectivity index (χ0n) is 17.8. The molecule has 0 spiro atoms. The summed E-state index contributed by atoms with van der Waals surface area (Å²) in [6.07, 6.45) is -4.50. The van der Waals surface area contributed by atoms with Gasteiger partial charge in [-0.05, 0) is 37.3 Å². The molecule has 2 aromatic carbocycles. The first kappa shape index (κ1) is 22.6. The Balaban J connectivity index is 1.50. The van der Waals surface area contributed by atoms with Crippen LogP contribution >= 0.6 is 0 Å². The highest BCUT2D eigenvalue weighted by molar-refractivity contribution is 7.89. The second-order valence-electron chi connectivity index (χ2n) is 7.73. The molecule has 0 aliphatic carbocycles. The number of benzene rings is 2. The molecule has 4 aromatic rings. The molecule has 0 amide bonds. The lowest BCUT2D eigenvalue weighted by atomic mass is 10.1. The van der Waals surface area contributed by atoms with E-state index in [0.717, 1.165) is 12.1 Å². The maximum absolute atomic E-state index is 13.0. The van der Waals surface area contributed by atoms with Crippen molar-refractivity contribution < 1.29 is 35.3 Å². The Morgan fingerprint density at radius 1 is 1.06 bits per heavy atom. The molecule has 1 aliphatic rings. The summed E-state index contributed by atoms with van der Waals surface area (Å²) in [5.41, 5.74) is 0.281. The van der Waals surface area contributed by atoms with Gasteiger partial charge in [-0.1, -0.05) is 17.3 Å². The molecule has 178 valence electrons. The zero-order valence-corrected chi connectivity index (χ0v) is 18.6. The number of ether oxygens (including phenoxy) is 1. The fraction of sp³-hybridized carbons (Fsp3) is 0.273. The number of morpholine rings is 1. The standard InChI is InChI=1S/C22H18F3N3O5S/c1-13-17-12-16(34(29,30)28-7-9-31-10-8-28)5-6-18(17)32-19(13)21-26-20(27-33-21)14-3-2-4-15(11-14)22(23,24)25/h2-6,11-12H,7-10H2,1H3. The number of hydrogen-bond donors (Lipinski definition) is 0. The number of alkyl halides is 3. The minimum Gasteiger partial charge on any atom is -0.451 e. The van der Waals surface area contributed by atoms with Crippen LogP contribution in [0.4, 0.5) is 13.2 Å². The third kappa shape index (κ3) is 3.97. The summed E-state index contributed by atoms with van der Waals surface area (Å²) in [6, 6.07) is 9.12. The number of nitrogens with zero attached hydrogens (tertiary/aromatic N) is 3. The smallest absolute Gasteiger partial charge is 0.416 e. The van der Waals surface area contributed by atoms with Crippen molar-refractivity contribution in [3.63, 3.8) is 0 Å². The van der Waals surface area contributed by atoms with Gasteiger partial charge in [0.2, 0.25) is 15.8 Å². The van der Waals surface area contributed by atoms with E-state index in [1.165, 1.54) is 28.6 Å². The average molecular weight is 493 g/mol. The van der Waals surface area contributed by atoms with Crippen LogP contribution in [0.1, 0.15) is 11.1 Å². The van der Waals surface area contributed by atoms with Crippen LogP contribution in [0.25, 0.3) is 34.0 Å². The first-order valence-electron chi connectivity index (χ1n) is 10.3. The summed E-state index contributed by atoms with van der Waals surface area (Å²) in [5.74, 6) is 0.150. The highest BCUT2D eigenvalue weighted by Crippen LogP contribution is 2.36. The fourth-order valence-electron chi connectivity index (χ4n) is 3.77. The molecule has 2 aromatic heterocycles. The monoisotopic (exact) mass is 493 g/mol. The Labute approximate surface area is 192 Å². The predicted octanol–water partition coefficient (Wildman–Crippen LogP) is 4.50. The van der Waals surface area contributed by atoms with E-state index in [0.29, 0.717) is 29.7 Å². The Morgan fingerprint density at radius 2 is 1.82 bits per heavy atom. The van der Waals surface area contributed by atoms with Gasteiger partial charge in [0.15, 0.2) is 5.76 Å². The van der Waals surface area contributed by atoms with Crippen LogP contribution in [0, 0.1) is 6.92 Å². The van der Waals surface area contributed by atoms with Crippen molar-refractivity contribution in [2.75, 3.05) is 26.3 Å². The van der Waals surface area contributed by atoms with Crippen molar-refractivity contribution in [3.05, 3.63) is 53.6 Å². The first-order valence-corrected chi connectivity index (χ1v) is 11.7. The Bertz CT molecular complexity index is 1470. The number of fused-ring (bicyclic) bond motifs is 1. The minimum absolute atomic E-state index is 0.0290. The highest BCUT2D eigenvalue weighted by atomic mass is 32.2. The second kappa shape index (κ2) is 8.22. The average Bonchev–Trinajstić information content (AvgIpc) is 3.44. The maximum atomic E-state index is 13.0. The van der Waals surface area contributed by atoms with Gasteiger partial charge in [-0.15, -0.1) is 0 Å². The SMILES string of the molecule is Cc1c(-c2nc(-c3cccc(C(F)(F)F)c3)no2)oc2ccc(S(=O)(=O)N3CCOCC3)cc12. The second-order valence-corrected chi connectivity index (χ2v) is 9.67. The predicted molar refractivity (Wildman–Crippen MR) is 114 cm³/mol. The van der Waals surface area contributed by atoms with Crippen molar-refractivity contribution in [1.82, 2.24) is 14.4 Å². The highest BCUT2D eigenvalue weighted by Gasteiger charge is 2.31. The lowest BCUT2D eigenvalue weighted by Crippen LogP contribution is -2.40. The molecule has 0 radical (unpaired) electrons. The Kier molecular flexibility index (Phi) is 5.46. The van der Waals surface area contributed by atoms with E-state index >= 15 is 0 Å². The van der Waals surface area contributed by atoms with Gasteiger partial charge in [0.05, 0.1) is 23.7 Å². The van der Waals surface area contributed by atoms with Crippen molar-refractivity contribution in [1.29, 1.82) is 0 Å². The molecule has 0 N–H and O–H groups in total. The number of aryl methyl sites for hydroxylation is 1. The normalized spacial score (nSPS) is 15.8. The van der Waals surface area contributed by atoms with Crippen molar-refractivity contribution in [2.24, 2.45) is 0 Å². The largest absolute Gasteiger partial charge is 0.451 e. The van der Waals surface area contributed by atoms with Crippen molar-refractivity contribution in [2.45, 2.75) is 18.0 Å². The molecule has 5 rings (SSSR count). The molecule has 8 nitrogen and oxygen atoms in total. The third-order valence-electron chi connectivity index (χ3n) is 5.58. The van der Waals surface area contributed by atoms with E-state index in [2.05, 4.69) is 10.1 Å². The summed E-state index contributed by atoms with van der Waals surface area (Å²) in [5, 5.41) is 4.33. The lowest BCUT2D eigenvalue weighted by Gasteiger charge is -2.26. The summed E-state index contributed by atoms with van der Waals surface area (Å²) < 4.78 is 82.8. The van der Waals surface area contributed by atoms with Crippen LogP contribution in [0.5, 0.6) is 0 Å². The number of rotatable bonds is 4. The van der Waals surface area contributed by atoms with Crippen molar-refractivity contribution in [3.8, 4) is 23.0 Å². The molecule has 0 bridgehead atoms. The molecule has 1 aliphatic heterocycles. The first-order chi connectivity index (χ1) is 16.1. The van der Waals surface area contributed by atoms with Gasteiger partial charge in [0, 0.05) is 29.6 Å². The van der Waals surface area contributed by atoms with Gasteiger partial charge in [-0.25, -0.2) is 8.42 Å².